The molecule has 4 rings (SSSR count). The molecule has 5 heteroatoms. The van der Waals surface area contributed by atoms with Gasteiger partial charge in [0.25, 0.3) is 5.91 Å². The topological polar surface area (TPSA) is 42.4 Å². The van der Waals surface area contributed by atoms with Crippen molar-refractivity contribution in [3.63, 3.8) is 0 Å². The minimum Gasteiger partial charge on any atom is -0.497 e. The molecule has 0 unspecified atom stereocenters. The third-order valence-corrected chi connectivity index (χ3v) is 5.20. The van der Waals surface area contributed by atoms with Crippen LogP contribution in [0.4, 0.5) is 5.69 Å². The lowest BCUT2D eigenvalue weighted by Gasteiger charge is -2.22. The Kier molecular flexibility index (Phi) is 4.85. The van der Waals surface area contributed by atoms with E-state index < -0.39 is 0 Å². The average molecular weight is 374 g/mol. The van der Waals surface area contributed by atoms with E-state index in [2.05, 4.69) is 4.98 Å². The van der Waals surface area contributed by atoms with Crippen LogP contribution in [0.3, 0.4) is 0 Å². The van der Waals surface area contributed by atoms with Gasteiger partial charge in [-0.15, -0.1) is 11.3 Å². The maximum atomic E-state index is 13.3. The highest BCUT2D eigenvalue weighted by atomic mass is 32.1. The molecule has 27 heavy (non-hydrogen) atoms. The molecule has 0 saturated heterocycles. The smallest absolute Gasteiger partial charge is 0.277 e. The molecule has 2 aromatic carbocycles. The van der Waals surface area contributed by atoms with Crippen LogP contribution >= 0.6 is 11.3 Å². The fraction of sp³-hybridized carbons (Fsp3) is 0.0909. The van der Waals surface area contributed by atoms with Gasteiger partial charge in [-0.05, 0) is 47.8 Å². The number of amides is 1. The van der Waals surface area contributed by atoms with Crippen molar-refractivity contribution in [2.24, 2.45) is 0 Å². The summed E-state index contributed by atoms with van der Waals surface area (Å²) >= 11 is 1.63. The lowest BCUT2D eigenvalue weighted by molar-refractivity contribution is 0.0981. The van der Waals surface area contributed by atoms with E-state index >= 15 is 0 Å². The second-order valence-electron chi connectivity index (χ2n) is 6.06. The lowest BCUT2D eigenvalue weighted by Crippen LogP contribution is -2.30. The molecule has 0 aliphatic carbocycles. The van der Waals surface area contributed by atoms with Gasteiger partial charge in [0.1, 0.15) is 11.4 Å². The molecule has 4 nitrogen and oxygen atoms in total. The van der Waals surface area contributed by atoms with Crippen LogP contribution in [0.2, 0.25) is 0 Å². The van der Waals surface area contributed by atoms with Gasteiger partial charge < -0.3 is 9.64 Å². The van der Waals surface area contributed by atoms with E-state index in [4.69, 9.17) is 4.74 Å². The van der Waals surface area contributed by atoms with E-state index in [0.29, 0.717) is 12.2 Å². The van der Waals surface area contributed by atoms with Crippen molar-refractivity contribution in [1.29, 1.82) is 0 Å². The molecule has 2 heterocycles. The predicted octanol–water partition coefficient (Wildman–Crippen LogP) is 5.15. The molecule has 1 amide bonds. The lowest BCUT2D eigenvalue weighted by atomic mass is 10.2. The zero-order chi connectivity index (χ0) is 18.6. The van der Waals surface area contributed by atoms with Crippen molar-refractivity contribution >= 4 is 33.8 Å². The minimum absolute atomic E-state index is 0.126. The van der Waals surface area contributed by atoms with Crippen LogP contribution in [-0.2, 0) is 6.54 Å². The Hall–Kier alpha value is -3.18. The third kappa shape index (κ3) is 3.68. The van der Waals surface area contributed by atoms with Gasteiger partial charge in [-0.2, -0.15) is 0 Å². The van der Waals surface area contributed by atoms with Crippen molar-refractivity contribution in [3.05, 3.63) is 88.7 Å². The Balaban J connectivity index is 1.72. The Morgan fingerprint density at radius 2 is 1.81 bits per heavy atom. The van der Waals surface area contributed by atoms with Crippen molar-refractivity contribution in [3.8, 4) is 5.75 Å². The number of methoxy groups -OCH3 is 1. The molecular weight excluding hydrogens is 356 g/mol. The summed E-state index contributed by atoms with van der Waals surface area (Å²) in [5, 5.41) is 3.03. The third-order valence-electron chi connectivity index (χ3n) is 4.34. The molecule has 0 atom stereocenters. The van der Waals surface area contributed by atoms with Gasteiger partial charge in [-0.1, -0.05) is 30.3 Å². The standard InChI is InChI=1S/C22H18N2O2S/c1-26-18-11-9-17(10-12-18)24(15-19-6-4-14-27-19)22(25)21-13-8-16-5-2-3-7-20(16)23-21/h2-14H,15H2,1H3. The number of pyridine rings is 1. The van der Waals surface area contributed by atoms with Gasteiger partial charge in [-0.25, -0.2) is 4.98 Å². The van der Waals surface area contributed by atoms with Crippen LogP contribution in [0.25, 0.3) is 10.9 Å². The van der Waals surface area contributed by atoms with E-state index in [1.165, 1.54) is 0 Å². The number of para-hydroxylation sites is 1. The van der Waals surface area contributed by atoms with Gasteiger partial charge >= 0.3 is 0 Å². The number of carbonyl (C=O) groups is 1. The molecule has 0 spiro atoms. The van der Waals surface area contributed by atoms with Crippen molar-refractivity contribution in [2.45, 2.75) is 6.54 Å². The summed E-state index contributed by atoms with van der Waals surface area (Å²) in [6.45, 7) is 0.497. The highest BCUT2D eigenvalue weighted by molar-refractivity contribution is 7.09. The number of ether oxygens (including phenoxy) is 1. The first-order valence-corrected chi connectivity index (χ1v) is 9.46. The zero-order valence-corrected chi connectivity index (χ0v) is 15.6. The molecule has 0 fully saturated rings. The Labute approximate surface area is 161 Å². The molecule has 0 radical (unpaired) electrons. The monoisotopic (exact) mass is 374 g/mol. The highest BCUT2D eigenvalue weighted by Gasteiger charge is 2.20. The number of nitrogens with zero attached hydrogens (tertiary/aromatic N) is 2. The van der Waals surface area contributed by atoms with E-state index in [0.717, 1.165) is 27.2 Å². The average Bonchev–Trinajstić information content (AvgIpc) is 3.24. The van der Waals surface area contributed by atoms with Crippen LogP contribution in [0, 0.1) is 0 Å². The maximum Gasteiger partial charge on any atom is 0.277 e. The summed E-state index contributed by atoms with van der Waals surface area (Å²) in [6, 6.07) is 23.1. The second kappa shape index (κ2) is 7.60. The van der Waals surface area contributed by atoms with E-state index in [9.17, 15) is 4.79 Å². The van der Waals surface area contributed by atoms with E-state index in [-0.39, 0.29) is 5.91 Å². The number of hydrogen-bond acceptors (Lipinski definition) is 4. The first kappa shape index (κ1) is 17.2. The van der Waals surface area contributed by atoms with Crippen LogP contribution in [0.1, 0.15) is 15.4 Å². The van der Waals surface area contributed by atoms with E-state index in [1.54, 1.807) is 29.4 Å². The van der Waals surface area contributed by atoms with Crippen LogP contribution in [0.15, 0.2) is 78.2 Å². The fourth-order valence-corrected chi connectivity index (χ4v) is 3.62. The van der Waals surface area contributed by atoms with Gasteiger partial charge in [0.05, 0.1) is 19.2 Å². The number of rotatable bonds is 5. The molecule has 0 aliphatic rings. The fourth-order valence-electron chi connectivity index (χ4n) is 2.92. The second-order valence-corrected chi connectivity index (χ2v) is 7.09. The molecule has 0 N–H and O–H groups in total. The molecule has 4 aromatic rings. The largest absolute Gasteiger partial charge is 0.497 e. The van der Waals surface area contributed by atoms with Gasteiger partial charge in [0, 0.05) is 16.0 Å². The van der Waals surface area contributed by atoms with Crippen LogP contribution in [-0.4, -0.2) is 18.0 Å². The van der Waals surface area contributed by atoms with Gasteiger partial charge in [-0.3, -0.25) is 4.79 Å². The van der Waals surface area contributed by atoms with Crippen LogP contribution in [0.5, 0.6) is 5.75 Å². The molecular formula is C22H18N2O2S. The quantitative estimate of drug-likeness (QED) is 0.485. The normalized spacial score (nSPS) is 10.7. The Bertz CT molecular complexity index is 1060. The summed E-state index contributed by atoms with van der Waals surface area (Å²) in [6.07, 6.45) is 0. The SMILES string of the molecule is COc1ccc(N(Cc2cccs2)C(=O)c2ccc3ccccc3n2)cc1. The number of fused-ring (bicyclic) bond motifs is 1. The zero-order valence-electron chi connectivity index (χ0n) is 14.8. The molecule has 134 valence electrons. The number of thiophene rings is 1. The number of benzene rings is 2. The maximum absolute atomic E-state index is 13.3. The van der Waals surface area contributed by atoms with Gasteiger partial charge in [0.15, 0.2) is 0 Å². The number of carbonyl (C=O) groups excluding carboxylic acids is 1. The molecule has 0 bridgehead atoms. The summed E-state index contributed by atoms with van der Waals surface area (Å²) in [5.41, 5.74) is 2.05. The predicted molar refractivity (Wildman–Crippen MR) is 110 cm³/mol. The summed E-state index contributed by atoms with van der Waals surface area (Å²) in [7, 11) is 1.63. The number of hydrogen-bond donors (Lipinski definition) is 0. The summed E-state index contributed by atoms with van der Waals surface area (Å²) in [4.78, 5) is 20.7. The minimum atomic E-state index is -0.126. The summed E-state index contributed by atoms with van der Waals surface area (Å²) in [5.74, 6) is 0.630. The molecule has 2 aromatic heterocycles. The first-order valence-electron chi connectivity index (χ1n) is 8.59. The number of anilines is 1. The van der Waals surface area contributed by atoms with Crippen molar-refractivity contribution in [1.82, 2.24) is 4.98 Å². The van der Waals surface area contributed by atoms with Crippen molar-refractivity contribution < 1.29 is 9.53 Å². The Morgan fingerprint density at radius 1 is 1.00 bits per heavy atom. The van der Waals surface area contributed by atoms with E-state index in [1.807, 2.05) is 72.1 Å². The highest BCUT2D eigenvalue weighted by Crippen LogP contribution is 2.25. The van der Waals surface area contributed by atoms with Crippen LogP contribution < -0.4 is 9.64 Å². The van der Waals surface area contributed by atoms with Crippen molar-refractivity contribution in [2.75, 3.05) is 12.0 Å². The van der Waals surface area contributed by atoms with Gasteiger partial charge in [0.2, 0.25) is 0 Å². The summed E-state index contributed by atoms with van der Waals surface area (Å²) < 4.78 is 5.23. The Morgan fingerprint density at radius 3 is 2.56 bits per heavy atom. The first-order chi connectivity index (χ1) is 13.2. The molecule has 0 saturated carbocycles. The number of aromatic nitrogens is 1. The molecule has 0 aliphatic heterocycles.